The average molecular weight is 511 g/mol. The molecule has 2 aliphatic heterocycles. The Morgan fingerprint density at radius 1 is 1.28 bits per heavy atom. The Kier molecular flexibility index (Phi) is 7.30. The summed E-state index contributed by atoms with van der Waals surface area (Å²) >= 11 is 6.74. The minimum absolute atomic E-state index is 0.204. The van der Waals surface area contributed by atoms with Gasteiger partial charge in [0, 0.05) is 30.3 Å². The summed E-state index contributed by atoms with van der Waals surface area (Å²) in [4.78, 5) is 11.9. The molecule has 0 spiro atoms. The minimum atomic E-state index is 0.204. The first-order valence-electron chi connectivity index (χ1n) is 12.6. The first kappa shape index (κ1) is 25.1. The van der Waals surface area contributed by atoms with Crippen LogP contribution in [0.2, 0.25) is 5.02 Å². The quantitative estimate of drug-likeness (QED) is 0.401. The summed E-state index contributed by atoms with van der Waals surface area (Å²) in [5.41, 5.74) is 5.25. The summed E-state index contributed by atoms with van der Waals surface area (Å²) in [6.45, 7) is 13.5. The standard InChI is InChI=1S/C27H35ClN6O2/c1-18(15-35-4)5-10-34-19(2)25(14-30-34)32-26-29-13-21-11-23(28)22(12-24(21)31-26)20-6-8-33(9-7-20)27(3)16-36-17-27/h11-14,20H,1,5-10,15-17H2,2-4H3,(H,29,31,32). The van der Waals surface area contributed by atoms with E-state index in [1.807, 2.05) is 30.1 Å². The second-order valence-electron chi connectivity index (χ2n) is 10.3. The fraction of sp³-hybridized carbons (Fsp3) is 0.519. The first-order valence-corrected chi connectivity index (χ1v) is 13.0. The van der Waals surface area contributed by atoms with E-state index in [4.69, 9.17) is 26.1 Å². The molecule has 0 amide bonds. The molecular weight excluding hydrogens is 476 g/mol. The number of piperidine rings is 1. The van der Waals surface area contributed by atoms with E-state index in [1.54, 1.807) is 7.11 Å². The highest BCUT2D eigenvalue weighted by molar-refractivity contribution is 6.32. The predicted octanol–water partition coefficient (Wildman–Crippen LogP) is 5.09. The average Bonchev–Trinajstić information content (AvgIpc) is 3.20. The largest absolute Gasteiger partial charge is 0.380 e. The normalized spacial score (nSPS) is 18.3. The Bertz CT molecular complexity index is 1250. The summed E-state index contributed by atoms with van der Waals surface area (Å²) in [5, 5.41) is 9.60. The number of benzene rings is 1. The van der Waals surface area contributed by atoms with Crippen LogP contribution in [0.15, 0.2) is 36.7 Å². The van der Waals surface area contributed by atoms with Crippen LogP contribution in [0.1, 0.15) is 43.4 Å². The molecule has 2 aromatic heterocycles. The first-order chi connectivity index (χ1) is 17.4. The highest BCUT2D eigenvalue weighted by atomic mass is 35.5. The number of hydrogen-bond donors (Lipinski definition) is 1. The lowest BCUT2D eigenvalue weighted by Gasteiger charge is -2.50. The fourth-order valence-electron chi connectivity index (χ4n) is 5.21. The molecule has 0 bridgehead atoms. The summed E-state index contributed by atoms with van der Waals surface area (Å²) in [6.07, 6.45) is 6.64. The smallest absolute Gasteiger partial charge is 0.227 e. The molecule has 8 nitrogen and oxygen atoms in total. The van der Waals surface area contributed by atoms with Crippen molar-refractivity contribution in [3.63, 3.8) is 0 Å². The molecule has 192 valence electrons. The fourth-order valence-corrected chi connectivity index (χ4v) is 5.53. The number of hydrogen-bond acceptors (Lipinski definition) is 7. The van der Waals surface area contributed by atoms with Gasteiger partial charge < -0.3 is 14.8 Å². The third-order valence-electron chi connectivity index (χ3n) is 7.60. The van der Waals surface area contributed by atoms with Crippen LogP contribution in [0.5, 0.6) is 0 Å². The number of anilines is 2. The molecule has 0 saturated carbocycles. The third kappa shape index (κ3) is 5.13. The number of nitrogens with one attached hydrogen (secondary N) is 1. The molecule has 9 heteroatoms. The van der Waals surface area contributed by atoms with Crippen LogP contribution in [0.4, 0.5) is 11.6 Å². The molecule has 2 fully saturated rings. The van der Waals surface area contributed by atoms with Crippen LogP contribution in [0.3, 0.4) is 0 Å². The summed E-state index contributed by atoms with van der Waals surface area (Å²) < 4.78 is 12.6. The topological polar surface area (TPSA) is 77.3 Å². The number of aromatic nitrogens is 4. The highest BCUT2D eigenvalue weighted by Gasteiger charge is 2.41. The summed E-state index contributed by atoms with van der Waals surface area (Å²) in [7, 11) is 1.68. The molecule has 0 atom stereocenters. The van der Waals surface area contributed by atoms with Gasteiger partial charge in [-0.25, -0.2) is 9.97 Å². The molecule has 0 aliphatic carbocycles. The maximum absolute atomic E-state index is 6.74. The summed E-state index contributed by atoms with van der Waals surface area (Å²) in [6, 6.07) is 4.15. The SMILES string of the molecule is C=C(CCn1ncc(Nc2ncc3cc(Cl)c(C4CCN(C5(C)COC5)CC4)cc3n2)c1C)COC. The van der Waals surface area contributed by atoms with Gasteiger partial charge in [0.15, 0.2) is 0 Å². The van der Waals surface area contributed by atoms with Gasteiger partial charge in [0.2, 0.25) is 5.95 Å². The van der Waals surface area contributed by atoms with Gasteiger partial charge in [-0.1, -0.05) is 23.8 Å². The van der Waals surface area contributed by atoms with Crippen molar-refractivity contribution in [2.45, 2.75) is 51.1 Å². The van der Waals surface area contributed by atoms with E-state index in [2.05, 4.69) is 39.9 Å². The molecule has 36 heavy (non-hydrogen) atoms. The van der Waals surface area contributed by atoms with E-state index in [9.17, 15) is 0 Å². The number of rotatable bonds is 9. The Morgan fingerprint density at radius 2 is 2.06 bits per heavy atom. The zero-order chi connectivity index (χ0) is 25.3. The van der Waals surface area contributed by atoms with Crippen molar-refractivity contribution in [3.8, 4) is 0 Å². The van der Waals surface area contributed by atoms with E-state index in [0.29, 0.717) is 18.5 Å². The van der Waals surface area contributed by atoms with Crippen molar-refractivity contribution in [2.24, 2.45) is 0 Å². The second-order valence-corrected chi connectivity index (χ2v) is 10.7. The summed E-state index contributed by atoms with van der Waals surface area (Å²) in [5.74, 6) is 0.984. The Labute approximate surface area is 217 Å². The molecule has 4 heterocycles. The number of likely N-dealkylation sites (tertiary alicyclic amines) is 1. The van der Waals surface area contributed by atoms with Crippen molar-refractivity contribution in [2.75, 3.05) is 45.3 Å². The molecule has 1 N–H and O–H groups in total. The van der Waals surface area contributed by atoms with Crippen molar-refractivity contribution >= 4 is 34.1 Å². The Hall–Kier alpha value is -2.52. The highest BCUT2D eigenvalue weighted by Crippen LogP contribution is 2.38. The number of fused-ring (bicyclic) bond motifs is 1. The van der Waals surface area contributed by atoms with Crippen LogP contribution < -0.4 is 5.32 Å². The molecule has 3 aromatic rings. The molecular formula is C27H35ClN6O2. The zero-order valence-corrected chi connectivity index (χ0v) is 22.1. The molecule has 0 unspecified atom stereocenters. The lowest BCUT2D eigenvalue weighted by molar-refractivity contribution is -0.136. The number of methoxy groups -OCH3 is 1. The molecule has 1 aromatic carbocycles. The van der Waals surface area contributed by atoms with Crippen molar-refractivity contribution in [1.82, 2.24) is 24.6 Å². The predicted molar refractivity (Wildman–Crippen MR) is 143 cm³/mol. The van der Waals surface area contributed by atoms with Crippen molar-refractivity contribution in [1.29, 1.82) is 0 Å². The Balaban J connectivity index is 1.29. The second kappa shape index (κ2) is 10.5. The molecule has 0 radical (unpaired) electrons. The van der Waals surface area contributed by atoms with Crippen molar-refractivity contribution in [3.05, 3.63) is 53.0 Å². The van der Waals surface area contributed by atoms with Crippen molar-refractivity contribution < 1.29 is 9.47 Å². The van der Waals surface area contributed by atoms with Gasteiger partial charge in [0.25, 0.3) is 0 Å². The zero-order valence-electron chi connectivity index (χ0n) is 21.4. The van der Waals surface area contributed by atoms with E-state index in [1.165, 1.54) is 5.56 Å². The van der Waals surface area contributed by atoms with Crippen LogP contribution in [0, 0.1) is 6.92 Å². The molecule has 5 rings (SSSR count). The van der Waals surface area contributed by atoms with Crippen LogP contribution in [-0.2, 0) is 16.0 Å². The van der Waals surface area contributed by atoms with Gasteiger partial charge >= 0.3 is 0 Å². The van der Waals surface area contributed by atoms with E-state index in [0.717, 1.165) is 85.0 Å². The van der Waals surface area contributed by atoms with E-state index in [-0.39, 0.29) is 5.54 Å². The lowest BCUT2D eigenvalue weighted by Crippen LogP contribution is -2.61. The van der Waals surface area contributed by atoms with E-state index < -0.39 is 0 Å². The van der Waals surface area contributed by atoms with E-state index >= 15 is 0 Å². The number of aryl methyl sites for hydroxylation is 1. The minimum Gasteiger partial charge on any atom is -0.380 e. The Morgan fingerprint density at radius 3 is 2.75 bits per heavy atom. The van der Waals surface area contributed by atoms with Gasteiger partial charge in [-0.3, -0.25) is 9.58 Å². The van der Waals surface area contributed by atoms with Gasteiger partial charge in [-0.15, -0.1) is 0 Å². The van der Waals surface area contributed by atoms with Crippen LogP contribution in [-0.4, -0.2) is 70.2 Å². The number of halogens is 1. The van der Waals surface area contributed by atoms with Crippen LogP contribution in [0.25, 0.3) is 10.9 Å². The van der Waals surface area contributed by atoms with Gasteiger partial charge in [0.05, 0.1) is 48.5 Å². The number of ether oxygens (including phenoxy) is 2. The van der Waals surface area contributed by atoms with Gasteiger partial charge in [0.1, 0.15) is 0 Å². The van der Waals surface area contributed by atoms with Gasteiger partial charge in [-0.2, -0.15) is 5.10 Å². The molecule has 2 aliphatic rings. The molecule has 2 saturated heterocycles. The van der Waals surface area contributed by atoms with Crippen LogP contribution >= 0.6 is 11.6 Å². The third-order valence-corrected chi connectivity index (χ3v) is 7.93. The lowest BCUT2D eigenvalue weighted by atomic mass is 9.86. The monoisotopic (exact) mass is 510 g/mol. The number of nitrogens with zero attached hydrogens (tertiary/aromatic N) is 5. The maximum Gasteiger partial charge on any atom is 0.227 e. The maximum atomic E-state index is 6.74. The van der Waals surface area contributed by atoms with Gasteiger partial charge in [-0.05, 0) is 69.8 Å².